The molecule has 0 saturated carbocycles. The topological polar surface area (TPSA) is 50.9 Å². The average molecular weight is 300 g/mol. The van der Waals surface area contributed by atoms with E-state index in [2.05, 4.69) is 10.2 Å². The second-order valence-electron chi connectivity index (χ2n) is 4.81. The van der Waals surface area contributed by atoms with Crippen molar-refractivity contribution in [1.29, 1.82) is 0 Å². The van der Waals surface area contributed by atoms with E-state index < -0.39 is 6.10 Å². The highest BCUT2D eigenvalue weighted by molar-refractivity contribution is 6.31. The van der Waals surface area contributed by atoms with Crippen molar-refractivity contribution in [3.63, 3.8) is 0 Å². The monoisotopic (exact) mass is 299 g/mol. The molecule has 1 heterocycles. The first-order chi connectivity index (χ1) is 10.1. The summed E-state index contributed by atoms with van der Waals surface area (Å²) in [7, 11) is 0. The van der Waals surface area contributed by atoms with Gasteiger partial charge < -0.3 is 5.11 Å². The van der Waals surface area contributed by atoms with Gasteiger partial charge in [0.05, 0.1) is 11.9 Å². The smallest absolute Gasteiger partial charge is 0.125 e. The minimum absolute atomic E-state index is 0.485. The first kappa shape index (κ1) is 13.8. The van der Waals surface area contributed by atoms with Gasteiger partial charge in [0.2, 0.25) is 0 Å². The Bertz CT molecular complexity index is 755. The molecule has 106 valence electrons. The van der Waals surface area contributed by atoms with E-state index in [1.165, 1.54) is 4.80 Å². The van der Waals surface area contributed by atoms with Gasteiger partial charge in [0.25, 0.3) is 0 Å². The van der Waals surface area contributed by atoms with Gasteiger partial charge in [-0.25, -0.2) is 0 Å². The molecule has 0 aliphatic heterocycles. The standard InChI is InChI=1S/C16H14ClN3O/c1-11-7-8-12(9-14(11)17)16(21)15-10-18-20(19-15)13-5-3-2-4-6-13/h2-10,16,21H,1H3. The summed E-state index contributed by atoms with van der Waals surface area (Å²) in [6, 6.07) is 15.0. The third kappa shape index (κ3) is 2.82. The van der Waals surface area contributed by atoms with Gasteiger partial charge in [-0.05, 0) is 36.2 Å². The molecule has 0 saturated heterocycles. The molecule has 1 atom stereocenters. The molecule has 3 rings (SSSR count). The molecule has 21 heavy (non-hydrogen) atoms. The minimum Gasteiger partial charge on any atom is -0.382 e. The summed E-state index contributed by atoms with van der Waals surface area (Å²) < 4.78 is 0. The molecular formula is C16H14ClN3O. The molecule has 1 unspecified atom stereocenters. The molecule has 0 radical (unpaired) electrons. The van der Waals surface area contributed by atoms with Crippen LogP contribution in [0.25, 0.3) is 5.69 Å². The first-order valence-electron chi connectivity index (χ1n) is 6.57. The lowest BCUT2D eigenvalue weighted by Crippen LogP contribution is -2.03. The molecule has 4 nitrogen and oxygen atoms in total. The summed E-state index contributed by atoms with van der Waals surface area (Å²) in [5, 5.41) is 19.5. The number of benzene rings is 2. The van der Waals surface area contributed by atoms with Gasteiger partial charge in [-0.1, -0.05) is 41.9 Å². The van der Waals surface area contributed by atoms with E-state index in [9.17, 15) is 5.11 Å². The van der Waals surface area contributed by atoms with Crippen molar-refractivity contribution in [2.45, 2.75) is 13.0 Å². The molecule has 1 N–H and O–H groups in total. The highest BCUT2D eigenvalue weighted by Crippen LogP contribution is 2.25. The Kier molecular flexibility index (Phi) is 3.73. The lowest BCUT2D eigenvalue weighted by Gasteiger charge is -2.09. The average Bonchev–Trinajstić information content (AvgIpc) is 3.00. The summed E-state index contributed by atoms with van der Waals surface area (Å²) in [6.45, 7) is 1.92. The van der Waals surface area contributed by atoms with Gasteiger partial charge in [0.15, 0.2) is 0 Å². The van der Waals surface area contributed by atoms with E-state index in [1.807, 2.05) is 49.4 Å². The fourth-order valence-electron chi connectivity index (χ4n) is 2.04. The maximum Gasteiger partial charge on any atom is 0.125 e. The van der Waals surface area contributed by atoms with Crippen LogP contribution >= 0.6 is 11.6 Å². The quantitative estimate of drug-likeness (QED) is 0.807. The van der Waals surface area contributed by atoms with Crippen LogP contribution in [0.15, 0.2) is 54.7 Å². The highest BCUT2D eigenvalue weighted by Gasteiger charge is 2.15. The van der Waals surface area contributed by atoms with Crippen LogP contribution in [0.5, 0.6) is 0 Å². The number of hydrogen-bond donors (Lipinski definition) is 1. The lowest BCUT2D eigenvalue weighted by molar-refractivity contribution is 0.214. The van der Waals surface area contributed by atoms with E-state index in [0.717, 1.165) is 11.3 Å². The van der Waals surface area contributed by atoms with Gasteiger partial charge in [0, 0.05) is 5.02 Å². The van der Waals surface area contributed by atoms with Crippen LogP contribution in [0.4, 0.5) is 0 Å². The number of hydrogen-bond acceptors (Lipinski definition) is 3. The SMILES string of the molecule is Cc1ccc(C(O)c2cnn(-c3ccccc3)n2)cc1Cl. The molecule has 0 aliphatic rings. The zero-order chi connectivity index (χ0) is 14.8. The van der Waals surface area contributed by atoms with Crippen LogP contribution in [0.3, 0.4) is 0 Å². The van der Waals surface area contributed by atoms with Crippen molar-refractivity contribution in [3.8, 4) is 5.69 Å². The highest BCUT2D eigenvalue weighted by atomic mass is 35.5. The van der Waals surface area contributed by atoms with Crippen LogP contribution in [-0.2, 0) is 0 Å². The number of aliphatic hydroxyl groups excluding tert-OH is 1. The predicted octanol–water partition coefficient (Wildman–Crippen LogP) is 3.31. The summed E-state index contributed by atoms with van der Waals surface area (Å²) in [5.41, 5.74) is 3.00. The van der Waals surface area contributed by atoms with E-state index >= 15 is 0 Å². The number of para-hydroxylation sites is 1. The van der Waals surface area contributed by atoms with Crippen LogP contribution < -0.4 is 0 Å². The number of aromatic nitrogens is 3. The molecular weight excluding hydrogens is 286 g/mol. The molecule has 0 spiro atoms. The third-order valence-corrected chi connectivity index (χ3v) is 3.70. The van der Waals surface area contributed by atoms with Crippen molar-refractivity contribution in [2.75, 3.05) is 0 Å². The maximum absolute atomic E-state index is 10.4. The van der Waals surface area contributed by atoms with Crippen molar-refractivity contribution < 1.29 is 5.11 Å². The van der Waals surface area contributed by atoms with E-state index in [1.54, 1.807) is 12.3 Å². The van der Waals surface area contributed by atoms with Gasteiger partial charge in [-0.15, -0.1) is 0 Å². The Morgan fingerprint density at radius 1 is 1.14 bits per heavy atom. The Morgan fingerprint density at radius 3 is 2.62 bits per heavy atom. The molecule has 0 amide bonds. The molecule has 1 aromatic heterocycles. The summed E-state index contributed by atoms with van der Waals surface area (Å²) in [5.74, 6) is 0. The number of aliphatic hydroxyl groups is 1. The fraction of sp³-hybridized carbons (Fsp3) is 0.125. The summed E-state index contributed by atoms with van der Waals surface area (Å²) in [6.07, 6.45) is 0.714. The van der Waals surface area contributed by atoms with Crippen molar-refractivity contribution >= 4 is 11.6 Å². The molecule has 2 aromatic carbocycles. The third-order valence-electron chi connectivity index (χ3n) is 3.29. The number of nitrogens with zero attached hydrogens (tertiary/aromatic N) is 3. The van der Waals surface area contributed by atoms with Gasteiger partial charge in [-0.3, -0.25) is 0 Å². The maximum atomic E-state index is 10.4. The zero-order valence-corrected chi connectivity index (χ0v) is 12.2. The van der Waals surface area contributed by atoms with Crippen LogP contribution in [-0.4, -0.2) is 20.1 Å². The summed E-state index contributed by atoms with van der Waals surface area (Å²) in [4.78, 5) is 1.49. The minimum atomic E-state index is -0.847. The zero-order valence-electron chi connectivity index (χ0n) is 11.4. The normalized spacial score (nSPS) is 12.3. The molecule has 3 aromatic rings. The van der Waals surface area contributed by atoms with E-state index in [4.69, 9.17) is 11.6 Å². The van der Waals surface area contributed by atoms with Gasteiger partial charge in [-0.2, -0.15) is 15.0 Å². The van der Waals surface area contributed by atoms with Crippen molar-refractivity contribution in [2.24, 2.45) is 0 Å². The largest absolute Gasteiger partial charge is 0.382 e. The molecule has 0 aliphatic carbocycles. The number of rotatable bonds is 3. The van der Waals surface area contributed by atoms with E-state index in [0.29, 0.717) is 16.3 Å². The summed E-state index contributed by atoms with van der Waals surface area (Å²) >= 11 is 6.09. The van der Waals surface area contributed by atoms with Crippen LogP contribution in [0.2, 0.25) is 5.02 Å². The van der Waals surface area contributed by atoms with Gasteiger partial charge >= 0.3 is 0 Å². The Balaban J connectivity index is 1.90. The van der Waals surface area contributed by atoms with Crippen molar-refractivity contribution in [3.05, 3.63) is 76.6 Å². The Morgan fingerprint density at radius 2 is 1.90 bits per heavy atom. The fourth-order valence-corrected chi connectivity index (χ4v) is 2.22. The number of halogens is 1. The van der Waals surface area contributed by atoms with E-state index in [-0.39, 0.29) is 0 Å². The van der Waals surface area contributed by atoms with Crippen LogP contribution in [0, 0.1) is 6.92 Å². The Labute approximate surface area is 127 Å². The van der Waals surface area contributed by atoms with Crippen molar-refractivity contribution in [1.82, 2.24) is 15.0 Å². The number of aryl methyl sites for hydroxylation is 1. The predicted molar refractivity (Wildman–Crippen MR) is 81.6 cm³/mol. The second kappa shape index (κ2) is 5.68. The molecule has 5 heteroatoms. The lowest BCUT2D eigenvalue weighted by atomic mass is 10.1. The second-order valence-corrected chi connectivity index (χ2v) is 5.21. The van der Waals surface area contributed by atoms with Crippen LogP contribution in [0.1, 0.15) is 22.9 Å². The Hall–Kier alpha value is -2.17. The van der Waals surface area contributed by atoms with Gasteiger partial charge in [0.1, 0.15) is 11.8 Å². The molecule has 0 fully saturated rings. The molecule has 0 bridgehead atoms. The first-order valence-corrected chi connectivity index (χ1v) is 6.95.